The van der Waals surface area contributed by atoms with Crippen LogP contribution in [0.2, 0.25) is 0 Å². The molecule has 0 saturated heterocycles. The van der Waals surface area contributed by atoms with E-state index in [0.717, 1.165) is 9.92 Å². The molecule has 0 aliphatic heterocycles. The average molecular weight is 311 g/mol. The summed E-state index contributed by atoms with van der Waals surface area (Å²) in [5, 5.41) is 11.5. The number of pyridine rings is 1. The van der Waals surface area contributed by atoms with Gasteiger partial charge in [-0.15, -0.1) is 0 Å². The first-order valence-corrected chi connectivity index (χ1v) is 6.30. The third-order valence-corrected chi connectivity index (χ3v) is 3.31. The van der Waals surface area contributed by atoms with Crippen LogP contribution in [-0.2, 0) is 0 Å². The number of rotatable bonds is 3. The van der Waals surface area contributed by atoms with Gasteiger partial charge in [-0.3, -0.25) is 10.1 Å². The van der Waals surface area contributed by atoms with Gasteiger partial charge in [-0.2, -0.15) is 0 Å². The fourth-order valence-electron chi connectivity index (χ4n) is 1.24. The third kappa shape index (κ3) is 3.28. The molecule has 0 aliphatic rings. The van der Waals surface area contributed by atoms with Crippen molar-refractivity contribution < 1.29 is 4.92 Å². The lowest BCUT2D eigenvalue weighted by atomic mass is 10.3. The summed E-state index contributed by atoms with van der Waals surface area (Å²) in [6.45, 7) is 0. The molecule has 2 rings (SSSR count). The Kier molecular flexibility index (Phi) is 3.75. The summed E-state index contributed by atoms with van der Waals surface area (Å²) in [7, 11) is 0. The van der Waals surface area contributed by atoms with E-state index in [4.69, 9.17) is 0 Å². The smallest absolute Gasteiger partial charge is 0.258 e. The molecule has 0 aliphatic carbocycles. The van der Waals surface area contributed by atoms with Gasteiger partial charge in [-0.1, -0.05) is 33.8 Å². The molecule has 1 aromatic heterocycles. The maximum absolute atomic E-state index is 10.7. The van der Waals surface area contributed by atoms with Crippen LogP contribution in [0.3, 0.4) is 0 Å². The zero-order chi connectivity index (χ0) is 12.3. The Morgan fingerprint density at radius 3 is 2.76 bits per heavy atom. The summed E-state index contributed by atoms with van der Waals surface area (Å²) in [4.78, 5) is 15.2. The summed E-state index contributed by atoms with van der Waals surface area (Å²) < 4.78 is 0.685. The molecule has 0 N–H and O–H groups in total. The Morgan fingerprint density at radius 1 is 1.29 bits per heavy atom. The monoisotopic (exact) mass is 310 g/mol. The van der Waals surface area contributed by atoms with Gasteiger partial charge >= 0.3 is 0 Å². The van der Waals surface area contributed by atoms with E-state index in [1.54, 1.807) is 6.20 Å². The number of nitro groups is 1. The van der Waals surface area contributed by atoms with Crippen LogP contribution in [0.5, 0.6) is 0 Å². The molecule has 0 amide bonds. The first-order valence-electron chi connectivity index (χ1n) is 4.69. The van der Waals surface area contributed by atoms with Gasteiger partial charge in [0.2, 0.25) is 0 Å². The second kappa shape index (κ2) is 5.29. The number of hydrogen-bond acceptors (Lipinski definition) is 4. The van der Waals surface area contributed by atoms with Crippen molar-refractivity contribution in [3.63, 3.8) is 0 Å². The number of aromatic nitrogens is 1. The van der Waals surface area contributed by atoms with Crippen molar-refractivity contribution in [3.8, 4) is 0 Å². The highest BCUT2D eigenvalue weighted by atomic mass is 79.9. The molecule has 1 heterocycles. The standard InChI is InChI=1S/C11H7BrN2O2S/c12-8-5-9(14(15)16)7-10(6-8)17-11-3-1-2-4-13-11/h1-7H. The molecular weight excluding hydrogens is 304 g/mol. The van der Waals surface area contributed by atoms with Gasteiger partial charge in [-0.05, 0) is 18.2 Å². The summed E-state index contributed by atoms with van der Waals surface area (Å²) in [5.41, 5.74) is 0.0674. The molecule has 0 atom stereocenters. The average Bonchev–Trinajstić information content (AvgIpc) is 2.29. The molecule has 0 fully saturated rings. The van der Waals surface area contributed by atoms with Crippen LogP contribution in [0.1, 0.15) is 0 Å². The van der Waals surface area contributed by atoms with E-state index in [0.29, 0.717) is 4.47 Å². The first kappa shape index (κ1) is 12.1. The third-order valence-electron chi connectivity index (χ3n) is 1.93. The molecule has 17 heavy (non-hydrogen) atoms. The fraction of sp³-hybridized carbons (Fsp3) is 0. The molecule has 6 heteroatoms. The molecule has 2 aromatic rings. The van der Waals surface area contributed by atoms with Gasteiger partial charge in [0.05, 0.1) is 4.92 Å². The largest absolute Gasteiger partial charge is 0.271 e. The Balaban J connectivity index is 2.30. The van der Waals surface area contributed by atoms with E-state index in [1.807, 2.05) is 24.3 Å². The predicted octanol–water partition coefficient (Wildman–Crippen LogP) is 3.90. The second-order valence-electron chi connectivity index (χ2n) is 3.17. The highest BCUT2D eigenvalue weighted by Gasteiger charge is 2.09. The molecule has 0 saturated carbocycles. The normalized spacial score (nSPS) is 10.2. The molecule has 1 aromatic carbocycles. The van der Waals surface area contributed by atoms with Crippen molar-refractivity contribution in [2.24, 2.45) is 0 Å². The van der Waals surface area contributed by atoms with E-state index in [-0.39, 0.29) is 5.69 Å². The van der Waals surface area contributed by atoms with Crippen LogP contribution >= 0.6 is 27.7 Å². The summed E-state index contributed by atoms with van der Waals surface area (Å²) >= 11 is 4.64. The fourth-order valence-corrected chi connectivity index (χ4v) is 2.74. The zero-order valence-corrected chi connectivity index (χ0v) is 10.9. The number of nitro benzene ring substituents is 1. The van der Waals surface area contributed by atoms with Crippen molar-refractivity contribution in [1.29, 1.82) is 0 Å². The van der Waals surface area contributed by atoms with E-state index in [1.165, 1.54) is 23.9 Å². The van der Waals surface area contributed by atoms with E-state index < -0.39 is 4.92 Å². The van der Waals surface area contributed by atoms with E-state index in [9.17, 15) is 10.1 Å². The maximum Gasteiger partial charge on any atom is 0.271 e. The van der Waals surface area contributed by atoms with Crippen molar-refractivity contribution in [2.45, 2.75) is 9.92 Å². The quantitative estimate of drug-likeness (QED) is 0.637. The van der Waals surface area contributed by atoms with E-state index >= 15 is 0 Å². The minimum atomic E-state index is -0.409. The molecule has 0 bridgehead atoms. The van der Waals surface area contributed by atoms with E-state index in [2.05, 4.69) is 20.9 Å². The van der Waals surface area contributed by atoms with Crippen LogP contribution in [0.4, 0.5) is 5.69 Å². The number of hydrogen-bond donors (Lipinski definition) is 0. The molecule has 0 unspecified atom stereocenters. The lowest BCUT2D eigenvalue weighted by Crippen LogP contribution is -1.88. The summed E-state index contributed by atoms with van der Waals surface area (Å²) in [6, 6.07) is 10.4. The molecular formula is C11H7BrN2O2S. The number of non-ortho nitro benzene ring substituents is 1. The van der Waals surface area contributed by atoms with Crippen molar-refractivity contribution in [3.05, 3.63) is 57.2 Å². The molecule has 0 radical (unpaired) electrons. The topological polar surface area (TPSA) is 56.0 Å². The minimum absolute atomic E-state index is 0.0674. The SMILES string of the molecule is O=[N+]([O-])c1cc(Br)cc(Sc2ccccn2)c1. The Bertz CT molecular complexity index is 548. The zero-order valence-electron chi connectivity index (χ0n) is 8.54. The first-order chi connectivity index (χ1) is 8.15. The predicted molar refractivity (Wildman–Crippen MR) is 69.2 cm³/mol. The van der Waals surface area contributed by atoms with Crippen molar-refractivity contribution in [1.82, 2.24) is 4.98 Å². The van der Waals surface area contributed by atoms with Crippen molar-refractivity contribution in [2.75, 3.05) is 0 Å². The van der Waals surface area contributed by atoms with Crippen LogP contribution in [0.15, 0.2) is 57.0 Å². The second-order valence-corrected chi connectivity index (χ2v) is 5.18. The minimum Gasteiger partial charge on any atom is -0.258 e. The summed E-state index contributed by atoms with van der Waals surface area (Å²) in [5.74, 6) is 0. The highest BCUT2D eigenvalue weighted by Crippen LogP contribution is 2.31. The number of nitrogens with zero attached hydrogens (tertiary/aromatic N) is 2. The lowest BCUT2D eigenvalue weighted by Gasteiger charge is -2.01. The Morgan fingerprint density at radius 2 is 2.12 bits per heavy atom. The van der Waals surface area contributed by atoms with Gasteiger partial charge in [0.15, 0.2) is 0 Å². The van der Waals surface area contributed by atoms with Gasteiger partial charge in [0.25, 0.3) is 5.69 Å². The lowest BCUT2D eigenvalue weighted by molar-refractivity contribution is -0.385. The Labute approximate surface area is 110 Å². The van der Waals surface area contributed by atoms with Crippen molar-refractivity contribution >= 4 is 33.4 Å². The molecule has 4 nitrogen and oxygen atoms in total. The van der Waals surface area contributed by atoms with Crippen LogP contribution in [0, 0.1) is 10.1 Å². The van der Waals surface area contributed by atoms with Crippen LogP contribution in [0.25, 0.3) is 0 Å². The number of halogens is 1. The van der Waals surface area contributed by atoms with Crippen LogP contribution in [-0.4, -0.2) is 9.91 Å². The summed E-state index contributed by atoms with van der Waals surface area (Å²) in [6.07, 6.45) is 1.69. The maximum atomic E-state index is 10.7. The van der Waals surface area contributed by atoms with Gasteiger partial charge < -0.3 is 0 Å². The van der Waals surface area contributed by atoms with Gasteiger partial charge in [0.1, 0.15) is 5.03 Å². The molecule has 0 spiro atoms. The number of benzene rings is 1. The van der Waals surface area contributed by atoms with Gasteiger partial charge in [0, 0.05) is 27.7 Å². The Hall–Kier alpha value is -1.40. The highest BCUT2D eigenvalue weighted by molar-refractivity contribution is 9.10. The van der Waals surface area contributed by atoms with Crippen LogP contribution < -0.4 is 0 Å². The molecule has 86 valence electrons. The van der Waals surface area contributed by atoms with Gasteiger partial charge in [-0.25, -0.2) is 4.98 Å².